The molecule has 0 N–H and O–H groups in total. The van der Waals surface area contributed by atoms with Crippen molar-refractivity contribution in [2.45, 2.75) is 82.4 Å². The third kappa shape index (κ3) is 6.70. The van der Waals surface area contributed by atoms with Crippen LogP contribution >= 0.6 is 11.6 Å². The van der Waals surface area contributed by atoms with Gasteiger partial charge < -0.3 is 0 Å². The first-order valence-electron chi connectivity index (χ1n) is 6.53. The summed E-state index contributed by atoms with van der Waals surface area (Å²) in [6.07, 6.45) is 16.7. The lowest BCUT2D eigenvalue weighted by Gasteiger charge is -2.08. The van der Waals surface area contributed by atoms with Crippen molar-refractivity contribution in [1.82, 2.24) is 0 Å². The van der Waals surface area contributed by atoms with Gasteiger partial charge in [0.05, 0.1) is 0 Å². The highest BCUT2D eigenvalue weighted by Crippen LogP contribution is 2.19. The summed E-state index contributed by atoms with van der Waals surface area (Å²) in [5.74, 6) is 0. The molecule has 0 atom stereocenters. The quantitative estimate of drug-likeness (QED) is 0.483. The van der Waals surface area contributed by atoms with E-state index in [1.807, 2.05) is 0 Å². The molecule has 0 nitrogen and oxygen atoms in total. The van der Waals surface area contributed by atoms with Crippen LogP contribution in [0.1, 0.15) is 77.0 Å². The van der Waals surface area contributed by atoms with Crippen LogP contribution in [0.2, 0.25) is 0 Å². The molecule has 14 heavy (non-hydrogen) atoms. The average molecular weight is 217 g/mol. The molecular formula is C13H25Cl. The predicted octanol–water partition coefficient (Wildman–Crippen LogP) is 5.29. The zero-order chi connectivity index (χ0) is 10.1. The van der Waals surface area contributed by atoms with Crippen LogP contribution in [-0.4, -0.2) is 5.38 Å². The molecule has 0 aromatic rings. The maximum absolute atomic E-state index is 6.25. The molecule has 1 fully saturated rings. The second kappa shape index (κ2) is 8.59. The molecule has 1 aliphatic carbocycles. The highest BCUT2D eigenvalue weighted by atomic mass is 35.5. The summed E-state index contributed by atoms with van der Waals surface area (Å²) in [5, 5.41) is 0.468. The Balaban J connectivity index is 2.12. The van der Waals surface area contributed by atoms with E-state index in [1.165, 1.54) is 77.0 Å². The molecule has 0 unspecified atom stereocenters. The van der Waals surface area contributed by atoms with Crippen LogP contribution in [0.25, 0.3) is 0 Å². The Bertz CT molecular complexity index is 108. The molecule has 0 heterocycles. The van der Waals surface area contributed by atoms with Crippen molar-refractivity contribution in [2.24, 2.45) is 0 Å². The average Bonchev–Trinajstić information content (AvgIpc) is 2.20. The Morgan fingerprint density at radius 3 is 1.14 bits per heavy atom. The lowest BCUT2D eigenvalue weighted by atomic mass is 10.1. The number of hydrogen-bond acceptors (Lipinski definition) is 0. The van der Waals surface area contributed by atoms with Crippen molar-refractivity contribution >= 4 is 11.6 Å². The van der Waals surface area contributed by atoms with Crippen LogP contribution in [0.15, 0.2) is 0 Å². The normalized spacial score (nSPS) is 24.6. The monoisotopic (exact) mass is 216 g/mol. The van der Waals surface area contributed by atoms with Crippen molar-refractivity contribution < 1.29 is 0 Å². The molecule has 1 heteroatoms. The van der Waals surface area contributed by atoms with Crippen LogP contribution in [0.5, 0.6) is 0 Å². The third-order valence-electron chi connectivity index (χ3n) is 3.28. The Kier molecular flexibility index (Phi) is 7.58. The van der Waals surface area contributed by atoms with Gasteiger partial charge in [0.25, 0.3) is 0 Å². The molecule has 1 rings (SSSR count). The van der Waals surface area contributed by atoms with Gasteiger partial charge in [0, 0.05) is 5.38 Å². The van der Waals surface area contributed by atoms with Gasteiger partial charge in [-0.25, -0.2) is 0 Å². The molecule has 1 saturated carbocycles. The summed E-state index contributed by atoms with van der Waals surface area (Å²) in [7, 11) is 0. The van der Waals surface area contributed by atoms with Crippen molar-refractivity contribution in [2.75, 3.05) is 0 Å². The molecule has 1 aliphatic rings. The Labute approximate surface area is 94.4 Å². The largest absolute Gasteiger partial charge is 0.123 e. The van der Waals surface area contributed by atoms with E-state index in [9.17, 15) is 0 Å². The fourth-order valence-electron chi connectivity index (χ4n) is 2.29. The summed E-state index contributed by atoms with van der Waals surface area (Å²) >= 11 is 6.25. The maximum Gasteiger partial charge on any atom is 0.0336 e. The minimum absolute atomic E-state index is 0.468. The van der Waals surface area contributed by atoms with E-state index in [2.05, 4.69) is 0 Å². The van der Waals surface area contributed by atoms with Gasteiger partial charge in [0.1, 0.15) is 0 Å². The molecule has 0 aromatic carbocycles. The fourth-order valence-corrected chi connectivity index (χ4v) is 2.60. The van der Waals surface area contributed by atoms with Gasteiger partial charge in [-0.2, -0.15) is 0 Å². The first-order valence-corrected chi connectivity index (χ1v) is 6.97. The van der Waals surface area contributed by atoms with Gasteiger partial charge in [-0.3, -0.25) is 0 Å². The first-order chi connectivity index (χ1) is 6.89. The molecule has 0 saturated heterocycles. The van der Waals surface area contributed by atoms with Crippen molar-refractivity contribution in [3.05, 3.63) is 0 Å². The van der Waals surface area contributed by atoms with Gasteiger partial charge in [0.2, 0.25) is 0 Å². The zero-order valence-electron chi connectivity index (χ0n) is 9.44. The van der Waals surface area contributed by atoms with Crippen LogP contribution in [0.4, 0.5) is 0 Å². The summed E-state index contributed by atoms with van der Waals surface area (Å²) in [5.41, 5.74) is 0. The SMILES string of the molecule is ClC1CCCCCCCCCCCC1. The van der Waals surface area contributed by atoms with E-state index in [0.717, 1.165) is 0 Å². The van der Waals surface area contributed by atoms with Crippen molar-refractivity contribution in [1.29, 1.82) is 0 Å². The number of rotatable bonds is 0. The molecule has 0 radical (unpaired) electrons. The Hall–Kier alpha value is 0.290. The van der Waals surface area contributed by atoms with Gasteiger partial charge in [-0.1, -0.05) is 64.2 Å². The summed E-state index contributed by atoms with van der Waals surface area (Å²) in [6, 6.07) is 0. The van der Waals surface area contributed by atoms with E-state index in [1.54, 1.807) is 0 Å². The number of hydrogen-bond donors (Lipinski definition) is 0. The lowest BCUT2D eigenvalue weighted by molar-refractivity contribution is 0.562. The molecular weight excluding hydrogens is 192 g/mol. The van der Waals surface area contributed by atoms with Crippen LogP contribution in [-0.2, 0) is 0 Å². The van der Waals surface area contributed by atoms with Crippen molar-refractivity contribution in [3.63, 3.8) is 0 Å². The Morgan fingerprint density at radius 1 is 0.500 bits per heavy atom. The van der Waals surface area contributed by atoms with E-state index in [0.29, 0.717) is 5.38 Å². The Morgan fingerprint density at radius 2 is 0.786 bits per heavy atom. The topological polar surface area (TPSA) is 0 Å². The minimum atomic E-state index is 0.468. The summed E-state index contributed by atoms with van der Waals surface area (Å²) in [4.78, 5) is 0. The van der Waals surface area contributed by atoms with Gasteiger partial charge in [-0.05, 0) is 12.8 Å². The lowest BCUT2D eigenvalue weighted by Crippen LogP contribution is -1.98. The van der Waals surface area contributed by atoms with E-state index >= 15 is 0 Å². The molecule has 84 valence electrons. The second-order valence-electron chi connectivity index (χ2n) is 4.71. The van der Waals surface area contributed by atoms with E-state index in [-0.39, 0.29) is 0 Å². The first kappa shape index (κ1) is 12.4. The zero-order valence-corrected chi connectivity index (χ0v) is 10.2. The summed E-state index contributed by atoms with van der Waals surface area (Å²) < 4.78 is 0. The minimum Gasteiger partial charge on any atom is -0.123 e. The van der Waals surface area contributed by atoms with Crippen molar-refractivity contribution in [3.8, 4) is 0 Å². The smallest absolute Gasteiger partial charge is 0.0336 e. The van der Waals surface area contributed by atoms with E-state index in [4.69, 9.17) is 11.6 Å². The van der Waals surface area contributed by atoms with E-state index < -0.39 is 0 Å². The molecule has 0 aromatic heterocycles. The molecule has 0 aliphatic heterocycles. The van der Waals surface area contributed by atoms with Gasteiger partial charge in [0.15, 0.2) is 0 Å². The van der Waals surface area contributed by atoms with Gasteiger partial charge in [-0.15, -0.1) is 11.6 Å². The number of alkyl halides is 1. The predicted molar refractivity (Wildman–Crippen MR) is 65.0 cm³/mol. The van der Waals surface area contributed by atoms with Crippen LogP contribution < -0.4 is 0 Å². The summed E-state index contributed by atoms with van der Waals surface area (Å²) in [6.45, 7) is 0. The molecule has 0 bridgehead atoms. The van der Waals surface area contributed by atoms with Crippen LogP contribution in [0, 0.1) is 0 Å². The standard InChI is InChI=1S/C13H25Cl/c14-13-11-9-7-5-3-1-2-4-6-8-10-12-13/h13H,1-12H2. The molecule has 0 amide bonds. The van der Waals surface area contributed by atoms with Gasteiger partial charge >= 0.3 is 0 Å². The highest BCUT2D eigenvalue weighted by molar-refractivity contribution is 6.20. The van der Waals surface area contributed by atoms with Crippen LogP contribution in [0.3, 0.4) is 0 Å². The third-order valence-corrected chi connectivity index (χ3v) is 3.72. The highest BCUT2D eigenvalue weighted by Gasteiger charge is 2.04. The maximum atomic E-state index is 6.25. The second-order valence-corrected chi connectivity index (χ2v) is 5.33. The number of halogens is 1. The fraction of sp³-hybridized carbons (Fsp3) is 1.00. The molecule has 0 spiro atoms.